The zero-order valence-electron chi connectivity index (χ0n) is 10.5. The minimum Gasteiger partial charge on any atom is -0.355 e. The number of nitrogens with zero attached hydrogens (tertiary/aromatic N) is 4. The summed E-state index contributed by atoms with van der Waals surface area (Å²) in [5, 5.41) is 0. The molecule has 18 heavy (non-hydrogen) atoms. The predicted octanol–water partition coefficient (Wildman–Crippen LogP) is 1.01. The SMILES string of the molecule is CN(Cc1cccnc1)c1ccnc(CCN)n1. The molecule has 2 heterocycles. The first kappa shape index (κ1) is 12.4. The van der Waals surface area contributed by atoms with E-state index in [0.717, 1.165) is 23.8 Å². The fourth-order valence-electron chi connectivity index (χ4n) is 1.70. The van der Waals surface area contributed by atoms with Crippen LogP contribution in [-0.4, -0.2) is 28.5 Å². The lowest BCUT2D eigenvalue weighted by atomic mass is 10.2. The first-order chi connectivity index (χ1) is 8.79. The van der Waals surface area contributed by atoms with E-state index >= 15 is 0 Å². The third-order valence-electron chi connectivity index (χ3n) is 2.59. The largest absolute Gasteiger partial charge is 0.355 e. The van der Waals surface area contributed by atoms with E-state index in [1.54, 1.807) is 12.4 Å². The fraction of sp³-hybridized carbons (Fsp3) is 0.308. The van der Waals surface area contributed by atoms with Crippen LogP contribution in [0, 0.1) is 0 Å². The van der Waals surface area contributed by atoms with Crippen LogP contribution in [0.2, 0.25) is 0 Å². The molecule has 0 fully saturated rings. The minimum absolute atomic E-state index is 0.565. The zero-order valence-corrected chi connectivity index (χ0v) is 10.5. The first-order valence-electron chi connectivity index (χ1n) is 5.91. The van der Waals surface area contributed by atoms with Crippen LogP contribution in [0.5, 0.6) is 0 Å². The van der Waals surface area contributed by atoms with Crippen molar-refractivity contribution in [1.82, 2.24) is 15.0 Å². The minimum atomic E-state index is 0.565. The average molecular weight is 243 g/mol. The van der Waals surface area contributed by atoms with Crippen LogP contribution in [-0.2, 0) is 13.0 Å². The van der Waals surface area contributed by atoms with Gasteiger partial charge in [-0.25, -0.2) is 9.97 Å². The van der Waals surface area contributed by atoms with E-state index in [1.165, 1.54) is 0 Å². The maximum Gasteiger partial charge on any atom is 0.132 e. The number of hydrogen-bond donors (Lipinski definition) is 1. The monoisotopic (exact) mass is 243 g/mol. The van der Waals surface area contributed by atoms with E-state index in [-0.39, 0.29) is 0 Å². The van der Waals surface area contributed by atoms with Crippen LogP contribution in [0.3, 0.4) is 0 Å². The number of aromatic nitrogens is 3. The van der Waals surface area contributed by atoms with Crippen LogP contribution >= 0.6 is 0 Å². The smallest absolute Gasteiger partial charge is 0.132 e. The summed E-state index contributed by atoms with van der Waals surface area (Å²) in [7, 11) is 2.00. The molecular formula is C13H17N5. The predicted molar refractivity (Wildman–Crippen MR) is 71.1 cm³/mol. The van der Waals surface area contributed by atoms with Gasteiger partial charge in [0, 0.05) is 38.6 Å². The van der Waals surface area contributed by atoms with Crippen molar-refractivity contribution in [2.75, 3.05) is 18.5 Å². The summed E-state index contributed by atoms with van der Waals surface area (Å²) in [4.78, 5) is 14.8. The highest BCUT2D eigenvalue weighted by Crippen LogP contribution is 2.11. The molecule has 2 aromatic heterocycles. The Balaban J connectivity index is 2.08. The lowest BCUT2D eigenvalue weighted by molar-refractivity contribution is 0.830. The Morgan fingerprint density at radius 1 is 1.28 bits per heavy atom. The Hall–Kier alpha value is -2.01. The summed E-state index contributed by atoms with van der Waals surface area (Å²) >= 11 is 0. The Morgan fingerprint density at radius 3 is 2.89 bits per heavy atom. The molecule has 0 saturated heterocycles. The maximum absolute atomic E-state index is 5.51. The normalized spacial score (nSPS) is 10.3. The number of rotatable bonds is 5. The summed E-state index contributed by atoms with van der Waals surface area (Å²) in [5.74, 6) is 1.69. The highest BCUT2D eigenvalue weighted by molar-refractivity contribution is 5.37. The highest BCUT2D eigenvalue weighted by Gasteiger charge is 2.05. The van der Waals surface area contributed by atoms with Gasteiger partial charge in [0.05, 0.1) is 0 Å². The zero-order chi connectivity index (χ0) is 12.8. The van der Waals surface area contributed by atoms with E-state index in [2.05, 4.69) is 19.9 Å². The summed E-state index contributed by atoms with van der Waals surface area (Å²) in [6.45, 7) is 1.34. The summed E-state index contributed by atoms with van der Waals surface area (Å²) < 4.78 is 0. The van der Waals surface area contributed by atoms with Gasteiger partial charge in [0.25, 0.3) is 0 Å². The molecule has 0 radical (unpaired) electrons. The van der Waals surface area contributed by atoms with Crippen molar-refractivity contribution < 1.29 is 0 Å². The number of anilines is 1. The Kier molecular flexibility index (Phi) is 4.20. The first-order valence-corrected chi connectivity index (χ1v) is 5.91. The summed E-state index contributed by atoms with van der Waals surface area (Å²) in [5.41, 5.74) is 6.66. The topological polar surface area (TPSA) is 67.9 Å². The van der Waals surface area contributed by atoms with Gasteiger partial charge in [0.2, 0.25) is 0 Å². The van der Waals surface area contributed by atoms with Crippen LogP contribution in [0.1, 0.15) is 11.4 Å². The van der Waals surface area contributed by atoms with E-state index in [9.17, 15) is 0 Å². The molecule has 5 nitrogen and oxygen atoms in total. The van der Waals surface area contributed by atoms with Crippen molar-refractivity contribution in [2.24, 2.45) is 5.73 Å². The third kappa shape index (κ3) is 3.24. The van der Waals surface area contributed by atoms with Gasteiger partial charge >= 0.3 is 0 Å². The molecule has 2 aromatic rings. The number of pyridine rings is 1. The van der Waals surface area contributed by atoms with Gasteiger partial charge in [-0.1, -0.05) is 6.07 Å². The number of hydrogen-bond acceptors (Lipinski definition) is 5. The molecule has 0 amide bonds. The molecule has 0 aliphatic rings. The van der Waals surface area contributed by atoms with Crippen LogP contribution < -0.4 is 10.6 Å². The van der Waals surface area contributed by atoms with Gasteiger partial charge in [-0.3, -0.25) is 4.98 Å². The van der Waals surface area contributed by atoms with E-state index in [4.69, 9.17) is 5.73 Å². The van der Waals surface area contributed by atoms with Gasteiger partial charge in [0.1, 0.15) is 11.6 Å². The van der Waals surface area contributed by atoms with Crippen LogP contribution in [0.15, 0.2) is 36.8 Å². The lowest BCUT2D eigenvalue weighted by Crippen LogP contribution is -2.19. The fourth-order valence-corrected chi connectivity index (χ4v) is 1.70. The molecule has 94 valence electrons. The highest BCUT2D eigenvalue weighted by atomic mass is 15.2. The molecular weight excluding hydrogens is 226 g/mol. The van der Waals surface area contributed by atoms with Crippen molar-refractivity contribution in [1.29, 1.82) is 0 Å². The second-order valence-electron chi connectivity index (χ2n) is 4.09. The molecule has 0 aliphatic carbocycles. The van der Waals surface area contributed by atoms with Crippen LogP contribution in [0.4, 0.5) is 5.82 Å². The van der Waals surface area contributed by atoms with E-state index in [1.807, 2.05) is 31.4 Å². The Morgan fingerprint density at radius 2 is 2.17 bits per heavy atom. The Labute approximate surface area is 107 Å². The van der Waals surface area contributed by atoms with Crippen molar-refractivity contribution in [3.05, 3.63) is 48.2 Å². The molecule has 2 rings (SSSR count). The molecule has 0 aliphatic heterocycles. The van der Waals surface area contributed by atoms with Crippen LogP contribution in [0.25, 0.3) is 0 Å². The van der Waals surface area contributed by atoms with Crippen molar-refractivity contribution in [3.63, 3.8) is 0 Å². The third-order valence-corrected chi connectivity index (χ3v) is 2.59. The van der Waals surface area contributed by atoms with E-state index in [0.29, 0.717) is 13.0 Å². The molecule has 0 unspecified atom stereocenters. The molecule has 0 bridgehead atoms. The second-order valence-corrected chi connectivity index (χ2v) is 4.09. The lowest BCUT2D eigenvalue weighted by Gasteiger charge is -2.18. The van der Waals surface area contributed by atoms with Gasteiger partial charge in [0.15, 0.2) is 0 Å². The summed E-state index contributed by atoms with van der Waals surface area (Å²) in [6, 6.07) is 5.88. The molecule has 0 spiro atoms. The van der Waals surface area contributed by atoms with Crippen molar-refractivity contribution in [2.45, 2.75) is 13.0 Å². The van der Waals surface area contributed by atoms with Gasteiger partial charge in [-0.05, 0) is 24.2 Å². The second kappa shape index (κ2) is 6.07. The van der Waals surface area contributed by atoms with Gasteiger partial charge in [-0.15, -0.1) is 0 Å². The maximum atomic E-state index is 5.51. The number of nitrogens with two attached hydrogens (primary N) is 1. The Bertz CT molecular complexity index is 486. The molecule has 5 heteroatoms. The standard InChI is InChI=1S/C13H17N5/c1-18(10-11-3-2-7-15-9-11)13-5-8-16-12(17-13)4-6-14/h2-3,5,7-9H,4,6,10,14H2,1H3. The van der Waals surface area contributed by atoms with Gasteiger partial charge in [-0.2, -0.15) is 0 Å². The van der Waals surface area contributed by atoms with E-state index < -0.39 is 0 Å². The quantitative estimate of drug-likeness (QED) is 0.848. The van der Waals surface area contributed by atoms with Crippen molar-refractivity contribution >= 4 is 5.82 Å². The van der Waals surface area contributed by atoms with Crippen molar-refractivity contribution in [3.8, 4) is 0 Å². The molecule has 0 saturated carbocycles. The van der Waals surface area contributed by atoms with Gasteiger partial charge < -0.3 is 10.6 Å². The molecule has 0 atom stereocenters. The molecule has 0 aromatic carbocycles. The molecule has 2 N–H and O–H groups in total. The summed E-state index contributed by atoms with van der Waals surface area (Å²) in [6.07, 6.45) is 6.10. The average Bonchev–Trinajstić information content (AvgIpc) is 2.40.